The van der Waals surface area contributed by atoms with Crippen LogP contribution in [0.4, 0.5) is 0 Å². The smallest absolute Gasteiger partial charge is 0.234 e. The van der Waals surface area contributed by atoms with Crippen LogP contribution in [0.2, 0.25) is 0 Å². The molecule has 4 nitrogen and oxygen atoms in total. The van der Waals surface area contributed by atoms with Crippen LogP contribution < -0.4 is 10.1 Å². The zero-order valence-corrected chi connectivity index (χ0v) is 14.3. The highest BCUT2D eigenvalue weighted by Crippen LogP contribution is 2.43. The fourth-order valence-electron chi connectivity index (χ4n) is 4.20. The number of hydrogen-bond donors (Lipinski definition) is 1. The molecule has 1 aliphatic heterocycles. The molecule has 0 spiro atoms. The Balaban J connectivity index is 1.58. The van der Waals surface area contributed by atoms with Gasteiger partial charge in [0.1, 0.15) is 5.75 Å². The molecular formula is C19H28N2O2. The van der Waals surface area contributed by atoms with Gasteiger partial charge in [-0.2, -0.15) is 0 Å². The van der Waals surface area contributed by atoms with Crippen molar-refractivity contribution in [1.82, 2.24) is 10.2 Å². The second kappa shape index (κ2) is 7.35. The van der Waals surface area contributed by atoms with Gasteiger partial charge in [0, 0.05) is 6.54 Å². The average Bonchev–Trinajstić information content (AvgIpc) is 2.98. The minimum absolute atomic E-state index is 0.155. The van der Waals surface area contributed by atoms with Crippen molar-refractivity contribution in [2.45, 2.75) is 38.5 Å². The zero-order valence-electron chi connectivity index (χ0n) is 14.3. The highest BCUT2D eigenvalue weighted by atomic mass is 16.5. The molecule has 1 aliphatic carbocycles. The summed E-state index contributed by atoms with van der Waals surface area (Å²) in [6.07, 6.45) is 4.86. The molecule has 0 radical (unpaired) electrons. The number of likely N-dealkylation sites (N-methyl/N-ethyl adjacent to an activating group) is 1. The number of piperidine rings is 1. The lowest BCUT2D eigenvalue weighted by atomic mass is 9.81. The lowest BCUT2D eigenvalue weighted by Gasteiger charge is -2.34. The molecule has 1 saturated heterocycles. The van der Waals surface area contributed by atoms with Crippen LogP contribution in [0.25, 0.3) is 0 Å². The minimum Gasteiger partial charge on any atom is -0.497 e. The molecule has 0 saturated carbocycles. The molecule has 1 aromatic rings. The number of methoxy groups -OCH3 is 1. The van der Waals surface area contributed by atoms with E-state index in [0.717, 1.165) is 31.3 Å². The Bertz CT molecular complexity index is 550. The molecule has 1 heterocycles. The summed E-state index contributed by atoms with van der Waals surface area (Å²) >= 11 is 0. The van der Waals surface area contributed by atoms with Gasteiger partial charge in [-0.05, 0) is 80.8 Å². The molecule has 0 bridgehead atoms. The summed E-state index contributed by atoms with van der Waals surface area (Å²) in [4.78, 5) is 14.0. The number of hydrogen-bond acceptors (Lipinski definition) is 3. The fraction of sp³-hybridized carbons (Fsp3) is 0.632. The molecule has 0 aromatic heterocycles. The van der Waals surface area contributed by atoms with Crippen molar-refractivity contribution in [3.8, 4) is 5.75 Å². The van der Waals surface area contributed by atoms with Crippen LogP contribution in [0.1, 0.15) is 43.2 Å². The third kappa shape index (κ3) is 3.69. The largest absolute Gasteiger partial charge is 0.497 e. The van der Waals surface area contributed by atoms with E-state index in [1.54, 1.807) is 7.11 Å². The number of carbonyl (C=O) groups excluding carboxylic acids is 1. The summed E-state index contributed by atoms with van der Waals surface area (Å²) in [5.74, 6) is 2.55. The first-order chi connectivity index (χ1) is 11.2. The van der Waals surface area contributed by atoms with Gasteiger partial charge in [0.15, 0.2) is 0 Å². The molecule has 1 N–H and O–H groups in total. The SMILES string of the molecule is CCNC(=O)CN1CCC(C2CCc3ccc(OC)cc32)CC1. The Kier molecular flexibility index (Phi) is 5.21. The molecule has 4 heteroatoms. The predicted molar refractivity (Wildman–Crippen MR) is 91.9 cm³/mol. The minimum atomic E-state index is 0.155. The third-order valence-corrected chi connectivity index (χ3v) is 5.42. The molecule has 126 valence electrons. The standard InChI is InChI=1S/C19H28N2O2/c1-3-20-19(22)13-21-10-8-15(9-11-21)17-7-5-14-4-6-16(23-2)12-18(14)17/h4,6,12,15,17H,3,5,7-11,13H2,1-2H3,(H,20,22). The van der Waals surface area contributed by atoms with Gasteiger partial charge in [0.25, 0.3) is 0 Å². The van der Waals surface area contributed by atoms with Gasteiger partial charge in [-0.1, -0.05) is 6.07 Å². The highest BCUT2D eigenvalue weighted by molar-refractivity contribution is 5.77. The Labute approximate surface area is 139 Å². The Hall–Kier alpha value is -1.55. The van der Waals surface area contributed by atoms with Gasteiger partial charge in [-0.3, -0.25) is 9.69 Å². The monoisotopic (exact) mass is 316 g/mol. The fourth-order valence-corrected chi connectivity index (χ4v) is 4.20. The van der Waals surface area contributed by atoms with Crippen molar-refractivity contribution in [3.63, 3.8) is 0 Å². The molecule has 1 unspecified atom stereocenters. The summed E-state index contributed by atoms with van der Waals surface area (Å²) in [7, 11) is 1.74. The first-order valence-electron chi connectivity index (χ1n) is 8.87. The summed E-state index contributed by atoms with van der Waals surface area (Å²) in [6, 6.07) is 6.56. The lowest BCUT2D eigenvalue weighted by Crippen LogP contribution is -2.42. The zero-order chi connectivity index (χ0) is 16.2. The Morgan fingerprint density at radius 2 is 2.09 bits per heavy atom. The van der Waals surface area contributed by atoms with Crippen molar-refractivity contribution >= 4 is 5.91 Å². The van der Waals surface area contributed by atoms with Crippen molar-refractivity contribution in [1.29, 1.82) is 0 Å². The molecule has 2 aliphatic rings. The van der Waals surface area contributed by atoms with E-state index < -0.39 is 0 Å². The van der Waals surface area contributed by atoms with E-state index in [4.69, 9.17) is 4.74 Å². The molecule has 1 amide bonds. The number of benzene rings is 1. The maximum Gasteiger partial charge on any atom is 0.234 e. The number of amides is 1. The van der Waals surface area contributed by atoms with E-state index in [2.05, 4.69) is 28.4 Å². The van der Waals surface area contributed by atoms with Gasteiger partial charge in [-0.25, -0.2) is 0 Å². The van der Waals surface area contributed by atoms with Gasteiger partial charge < -0.3 is 10.1 Å². The number of nitrogens with one attached hydrogen (secondary N) is 1. The van der Waals surface area contributed by atoms with Crippen LogP contribution in [0, 0.1) is 5.92 Å². The summed E-state index contributed by atoms with van der Waals surface area (Å²) in [6.45, 7) is 5.32. The molecule has 1 fully saturated rings. The van der Waals surface area contributed by atoms with Crippen LogP contribution in [-0.2, 0) is 11.2 Å². The first-order valence-corrected chi connectivity index (χ1v) is 8.87. The van der Waals surface area contributed by atoms with Crippen molar-refractivity contribution in [2.75, 3.05) is 33.3 Å². The topological polar surface area (TPSA) is 41.6 Å². The molecular weight excluding hydrogens is 288 g/mol. The summed E-state index contributed by atoms with van der Waals surface area (Å²) in [5, 5.41) is 2.89. The molecule has 23 heavy (non-hydrogen) atoms. The molecule has 3 rings (SSSR count). The Morgan fingerprint density at radius 1 is 1.30 bits per heavy atom. The molecule has 1 aromatic carbocycles. The highest BCUT2D eigenvalue weighted by Gasteiger charge is 2.32. The number of carbonyl (C=O) groups is 1. The number of nitrogens with zero attached hydrogens (tertiary/aromatic N) is 1. The van der Waals surface area contributed by atoms with Crippen molar-refractivity contribution < 1.29 is 9.53 Å². The van der Waals surface area contributed by atoms with E-state index in [1.165, 1.54) is 36.8 Å². The van der Waals surface area contributed by atoms with E-state index in [9.17, 15) is 4.79 Å². The van der Waals surface area contributed by atoms with E-state index >= 15 is 0 Å². The average molecular weight is 316 g/mol. The van der Waals surface area contributed by atoms with Gasteiger partial charge in [-0.15, -0.1) is 0 Å². The van der Waals surface area contributed by atoms with E-state index in [0.29, 0.717) is 12.5 Å². The summed E-state index contributed by atoms with van der Waals surface area (Å²) in [5.41, 5.74) is 3.01. The maximum absolute atomic E-state index is 11.7. The number of ether oxygens (including phenoxy) is 1. The third-order valence-electron chi connectivity index (χ3n) is 5.42. The van der Waals surface area contributed by atoms with Crippen LogP contribution in [0.5, 0.6) is 5.75 Å². The van der Waals surface area contributed by atoms with Crippen LogP contribution in [-0.4, -0.2) is 44.1 Å². The first kappa shape index (κ1) is 16.3. The number of aryl methyl sites for hydroxylation is 1. The van der Waals surface area contributed by atoms with Crippen molar-refractivity contribution in [2.24, 2.45) is 5.92 Å². The van der Waals surface area contributed by atoms with Gasteiger partial charge in [0.05, 0.1) is 13.7 Å². The van der Waals surface area contributed by atoms with E-state index in [1.807, 2.05) is 6.92 Å². The van der Waals surface area contributed by atoms with Crippen LogP contribution in [0.3, 0.4) is 0 Å². The maximum atomic E-state index is 11.7. The van der Waals surface area contributed by atoms with Crippen LogP contribution in [0.15, 0.2) is 18.2 Å². The van der Waals surface area contributed by atoms with Gasteiger partial charge in [0.2, 0.25) is 5.91 Å². The number of rotatable bonds is 5. The summed E-state index contributed by atoms with van der Waals surface area (Å²) < 4.78 is 5.41. The number of fused-ring (bicyclic) bond motifs is 1. The van der Waals surface area contributed by atoms with Gasteiger partial charge >= 0.3 is 0 Å². The quantitative estimate of drug-likeness (QED) is 0.908. The normalized spacial score (nSPS) is 21.9. The van der Waals surface area contributed by atoms with Crippen LogP contribution >= 0.6 is 0 Å². The number of likely N-dealkylation sites (tertiary alicyclic amines) is 1. The van der Waals surface area contributed by atoms with Crippen molar-refractivity contribution in [3.05, 3.63) is 29.3 Å². The lowest BCUT2D eigenvalue weighted by molar-refractivity contribution is -0.122. The van der Waals surface area contributed by atoms with E-state index in [-0.39, 0.29) is 5.91 Å². The molecule has 1 atom stereocenters. The second-order valence-electron chi connectivity index (χ2n) is 6.78. The second-order valence-corrected chi connectivity index (χ2v) is 6.78. The predicted octanol–water partition coefficient (Wildman–Crippen LogP) is 2.57. The Morgan fingerprint density at radius 3 is 2.78 bits per heavy atom.